The Balaban J connectivity index is 1.51. The summed E-state index contributed by atoms with van der Waals surface area (Å²) in [5.74, 6) is 1.50. The van der Waals surface area contributed by atoms with Gasteiger partial charge in [0, 0.05) is 24.5 Å². The van der Waals surface area contributed by atoms with Crippen LogP contribution in [0, 0.1) is 27.7 Å². The van der Waals surface area contributed by atoms with Gasteiger partial charge in [0.05, 0.1) is 17.1 Å². The number of nitrogens with zero attached hydrogens (tertiary/aromatic N) is 6. The maximum atomic E-state index is 12.8. The molecule has 0 aliphatic rings. The first-order chi connectivity index (χ1) is 15.2. The molecule has 3 aromatic heterocycles. The smallest absolute Gasteiger partial charge is 0.265 e. The maximum absolute atomic E-state index is 12.8. The highest BCUT2D eigenvalue weighted by atomic mass is 32.2. The number of hydrogen-bond acceptors (Lipinski definition) is 7. The first-order valence-electron chi connectivity index (χ1n) is 9.79. The van der Waals surface area contributed by atoms with E-state index in [1.807, 2.05) is 18.4 Å². The minimum absolute atomic E-state index is 0.180. The van der Waals surface area contributed by atoms with Crippen molar-refractivity contribution in [1.29, 1.82) is 0 Å². The van der Waals surface area contributed by atoms with Gasteiger partial charge in [-0.25, -0.2) is 23.4 Å². The zero-order chi connectivity index (χ0) is 23.0. The molecular weight excluding hydrogens is 430 g/mol. The van der Waals surface area contributed by atoms with Crippen LogP contribution in [0.1, 0.15) is 22.8 Å². The molecule has 0 bridgehead atoms. The van der Waals surface area contributed by atoms with Crippen molar-refractivity contribution < 1.29 is 13.2 Å². The fourth-order valence-electron chi connectivity index (χ4n) is 3.31. The van der Waals surface area contributed by atoms with Gasteiger partial charge in [-0.05, 0) is 52.0 Å². The second kappa shape index (κ2) is 8.08. The lowest BCUT2D eigenvalue weighted by atomic mass is 10.3. The molecule has 32 heavy (non-hydrogen) atoms. The van der Waals surface area contributed by atoms with E-state index in [1.54, 1.807) is 62.2 Å². The number of nitrogens with one attached hydrogen (secondary N) is 1. The molecular formula is C21H23N7O3S. The Morgan fingerprint density at radius 2 is 1.66 bits per heavy atom. The van der Waals surface area contributed by atoms with Crippen LogP contribution in [0.5, 0.6) is 11.6 Å². The average Bonchev–Trinajstić information content (AvgIpc) is 3.21. The molecule has 0 aliphatic carbocycles. The predicted molar refractivity (Wildman–Crippen MR) is 119 cm³/mol. The topological polar surface area (TPSA) is 117 Å². The second-order valence-electron chi connectivity index (χ2n) is 7.36. The van der Waals surface area contributed by atoms with Crippen molar-refractivity contribution in [2.75, 3.05) is 4.72 Å². The number of hydrogen-bond donors (Lipinski definition) is 1. The molecule has 1 aromatic carbocycles. The first-order valence-corrected chi connectivity index (χ1v) is 11.3. The zero-order valence-electron chi connectivity index (χ0n) is 18.4. The highest BCUT2D eigenvalue weighted by Crippen LogP contribution is 2.26. The van der Waals surface area contributed by atoms with E-state index >= 15 is 0 Å². The Hall–Kier alpha value is -3.73. The van der Waals surface area contributed by atoms with Crippen LogP contribution in [0.3, 0.4) is 0 Å². The molecule has 0 unspecified atom stereocenters. The standard InChI is InChI=1S/C21H23N7O3S/c1-13-15(3)28(12-24-13)19-10-20(23-11-22-19)31-18-8-6-17(7-9-18)26-32(29,30)21-14(2)25-27(5)16(21)4/h6-12,26H,1-5H3. The largest absolute Gasteiger partial charge is 0.439 e. The Morgan fingerprint density at radius 3 is 2.25 bits per heavy atom. The third-order valence-corrected chi connectivity index (χ3v) is 6.80. The maximum Gasteiger partial charge on any atom is 0.265 e. The lowest BCUT2D eigenvalue weighted by Gasteiger charge is -2.10. The summed E-state index contributed by atoms with van der Waals surface area (Å²) < 4.78 is 37.4. The number of aryl methyl sites for hydroxylation is 3. The molecule has 11 heteroatoms. The summed E-state index contributed by atoms with van der Waals surface area (Å²) in [6.07, 6.45) is 3.11. The van der Waals surface area contributed by atoms with Crippen molar-refractivity contribution in [2.45, 2.75) is 32.6 Å². The SMILES string of the molecule is Cc1nn(C)c(C)c1S(=O)(=O)Nc1ccc(Oc2cc(-n3cnc(C)c3C)ncn2)cc1. The van der Waals surface area contributed by atoms with E-state index in [9.17, 15) is 8.42 Å². The van der Waals surface area contributed by atoms with Crippen LogP contribution in [-0.4, -0.2) is 37.7 Å². The molecule has 4 rings (SSSR count). The van der Waals surface area contributed by atoms with Crippen LogP contribution in [-0.2, 0) is 17.1 Å². The Bertz CT molecular complexity index is 1390. The quantitative estimate of drug-likeness (QED) is 0.476. The van der Waals surface area contributed by atoms with Gasteiger partial charge < -0.3 is 4.74 Å². The highest BCUT2D eigenvalue weighted by Gasteiger charge is 2.23. The Kier molecular flexibility index (Phi) is 5.43. The van der Waals surface area contributed by atoms with E-state index in [2.05, 4.69) is 24.8 Å². The predicted octanol–water partition coefficient (Wildman–Crippen LogP) is 3.22. The second-order valence-corrected chi connectivity index (χ2v) is 8.97. The van der Waals surface area contributed by atoms with Gasteiger partial charge in [0.1, 0.15) is 29.1 Å². The highest BCUT2D eigenvalue weighted by molar-refractivity contribution is 7.92. The van der Waals surface area contributed by atoms with E-state index < -0.39 is 10.0 Å². The van der Waals surface area contributed by atoms with Crippen molar-refractivity contribution in [2.24, 2.45) is 7.05 Å². The summed E-state index contributed by atoms with van der Waals surface area (Å²) in [6, 6.07) is 8.28. The van der Waals surface area contributed by atoms with Gasteiger partial charge in [-0.2, -0.15) is 5.10 Å². The summed E-state index contributed by atoms with van der Waals surface area (Å²) in [5.41, 5.74) is 3.32. The van der Waals surface area contributed by atoms with E-state index in [0.29, 0.717) is 34.5 Å². The molecule has 166 valence electrons. The molecule has 0 atom stereocenters. The molecule has 0 saturated heterocycles. The van der Waals surface area contributed by atoms with Crippen molar-refractivity contribution in [3.63, 3.8) is 0 Å². The van der Waals surface area contributed by atoms with Crippen LogP contribution >= 0.6 is 0 Å². The molecule has 10 nitrogen and oxygen atoms in total. The fraction of sp³-hybridized carbons (Fsp3) is 0.238. The van der Waals surface area contributed by atoms with E-state index in [1.165, 1.54) is 6.33 Å². The minimum atomic E-state index is -3.77. The molecule has 0 spiro atoms. The summed E-state index contributed by atoms with van der Waals surface area (Å²) >= 11 is 0. The monoisotopic (exact) mass is 453 g/mol. The molecule has 4 aromatic rings. The number of anilines is 1. The molecule has 0 aliphatic heterocycles. The van der Waals surface area contributed by atoms with Crippen molar-refractivity contribution in [3.8, 4) is 17.4 Å². The van der Waals surface area contributed by atoms with E-state index in [0.717, 1.165) is 11.4 Å². The number of aromatic nitrogens is 6. The Labute approximate surface area is 186 Å². The van der Waals surface area contributed by atoms with Crippen LogP contribution in [0.15, 0.2) is 47.9 Å². The lowest BCUT2D eigenvalue weighted by Crippen LogP contribution is -2.14. The van der Waals surface area contributed by atoms with Crippen molar-refractivity contribution in [3.05, 3.63) is 65.8 Å². The Morgan fingerprint density at radius 1 is 0.938 bits per heavy atom. The molecule has 1 N–H and O–H groups in total. The van der Waals surface area contributed by atoms with Crippen LogP contribution in [0.4, 0.5) is 5.69 Å². The van der Waals surface area contributed by atoms with Gasteiger partial charge >= 0.3 is 0 Å². The molecule has 0 amide bonds. The molecule has 0 radical (unpaired) electrons. The first kappa shape index (κ1) is 21.5. The molecule has 0 saturated carbocycles. The normalized spacial score (nSPS) is 11.5. The number of rotatable bonds is 6. The number of ether oxygens (including phenoxy) is 1. The van der Waals surface area contributed by atoms with Crippen molar-refractivity contribution in [1.82, 2.24) is 29.3 Å². The van der Waals surface area contributed by atoms with Gasteiger partial charge in [-0.3, -0.25) is 14.0 Å². The summed E-state index contributed by atoms with van der Waals surface area (Å²) in [5, 5.41) is 4.17. The van der Waals surface area contributed by atoms with E-state index in [-0.39, 0.29) is 4.90 Å². The molecule has 3 heterocycles. The van der Waals surface area contributed by atoms with Gasteiger partial charge in [0.2, 0.25) is 5.88 Å². The van der Waals surface area contributed by atoms with Crippen molar-refractivity contribution >= 4 is 15.7 Å². The van der Waals surface area contributed by atoms with Gasteiger partial charge in [-0.15, -0.1) is 0 Å². The number of benzene rings is 1. The average molecular weight is 454 g/mol. The molecule has 0 fully saturated rings. The van der Waals surface area contributed by atoms with Crippen LogP contribution in [0.25, 0.3) is 5.82 Å². The van der Waals surface area contributed by atoms with Crippen LogP contribution in [0.2, 0.25) is 0 Å². The number of imidazole rings is 1. The zero-order valence-corrected chi connectivity index (χ0v) is 19.2. The van der Waals surface area contributed by atoms with Crippen LogP contribution < -0.4 is 9.46 Å². The third kappa shape index (κ3) is 4.06. The summed E-state index contributed by atoms with van der Waals surface area (Å²) in [6.45, 7) is 7.27. The minimum Gasteiger partial charge on any atom is -0.439 e. The summed E-state index contributed by atoms with van der Waals surface area (Å²) in [7, 11) is -2.06. The lowest BCUT2D eigenvalue weighted by molar-refractivity contribution is 0.461. The van der Waals surface area contributed by atoms with Gasteiger partial charge in [-0.1, -0.05) is 0 Å². The van der Waals surface area contributed by atoms with E-state index in [4.69, 9.17) is 4.74 Å². The summed E-state index contributed by atoms with van der Waals surface area (Å²) in [4.78, 5) is 12.9. The third-order valence-electron chi connectivity index (χ3n) is 5.17. The number of sulfonamides is 1. The van der Waals surface area contributed by atoms with Gasteiger partial charge in [0.15, 0.2) is 0 Å². The fourth-order valence-corrected chi connectivity index (χ4v) is 4.81. The van der Waals surface area contributed by atoms with Gasteiger partial charge in [0.25, 0.3) is 10.0 Å².